The van der Waals surface area contributed by atoms with Crippen molar-refractivity contribution in [2.75, 3.05) is 29.7 Å². The normalized spacial score (nSPS) is 9.94. The van der Waals surface area contributed by atoms with Gasteiger partial charge in [0.1, 0.15) is 0 Å². The molecule has 0 fully saturated rings. The smallest absolute Gasteiger partial charge is 0.323 e. The Hall–Kier alpha value is -4.51. The van der Waals surface area contributed by atoms with Gasteiger partial charge in [0, 0.05) is 29.5 Å². The molecule has 168 valence electrons. The number of carbonyl (C=O) groups is 2. The Morgan fingerprint density at radius 3 is 2.27 bits per heavy atom. The number of methoxy groups -OCH3 is 1. The van der Waals surface area contributed by atoms with E-state index in [9.17, 15) is 9.59 Å². The number of hydrogen-bond donors (Lipinski definition) is 3. The van der Waals surface area contributed by atoms with Gasteiger partial charge in [-0.15, -0.1) is 0 Å². The van der Waals surface area contributed by atoms with Crippen molar-refractivity contribution in [3.8, 4) is 17.6 Å². The van der Waals surface area contributed by atoms with Crippen molar-refractivity contribution in [3.63, 3.8) is 0 Å². The van der Waals surface area contributed by atoms with Crippen molar-refractivity contribution in [2.45, 2.75) is 12.8 Å². The van der Waals surface area contributed by atoms with Crippen LogP contribution >= 0.6 is 0 Å². The maximum atomic E-state index is 12.3. The molecule has 3 amide bonds. The number of amides is 3. The lowest BCUT2D eigenvalue weighted by atomic mass is 10.2. The molecule has 3 aromatic rings. The molecule has 0 unspecified atom stereocenters. The van der Waals surface area contributed by atoms with Crippen LogP contribution in [0.1, 0.15) is 18.4 Å². The molecule has 0 aliphatic rings. The van der Waals surface area contributed by atoms with Gasteiger partial charge in [-0.3, -0.25) is 4.79 Å². The summed E-state index contributed by atoms with van der Waals surface area (Å²) in [6.07, 6.45) is 0.747. The maximum Gasteiger partial charge on any atom is 0.323 e. The number of hydrogen-bond acceptors (Lipinski definition) is 5. The molecule has 0 saturated carbocycles. The Kier molecular flexibility index (Phi) is 8.26. The van der Waals surface area contributed by atoms with Gasteiger partial charge < -0.3 is 25.4 Å². The predicted molar refractivity (Wildman–Crippen MR) is 127 cm³/mol. The fourth-order valence-electron chi connectivity index (χ4n) is 2.98. The highest BCUT2D eigenvalue weighted by Gasteiger charge is 2.08. The second-order valence-electron chi connectivity index (χ2n) is 7.00. The van der Waals surface area contributed by atoms with Gasteiger partial charge in [-0.25, -0.2) is 4.79 Å². The molecule has 0 saturated heterocycles. The average molecular weight is 444 g/mol. The second kappa shape index (κ2) is 11.8. The molecule has 0 aromatic heterocycles. The molecule has 0 spiro atoms. The maximum absolute atomic E-state index is 12.3. The summed E-state index contributed by atoms with van der Waals surface area (Å²) in [7, 11) is 1.51. The molecule has 0 radical (unpaired) electrons. The number of anilines is 3. The van der Waals surface area contributed by atoms with E-state index in [1.165, 1.54) is 7.11 Å². The summed E-state index contributed by atoms with van der Waals surface area (Å²) in [5, 5.41) is 17.2. The van der Waals surface area contributed by atoms with Crippen LogP contribution in [0.3, 0.4) is 0 Å². The lowest BCUT2D eigenvalue weighted by molar-refractivity contribution is -0.116. The molecule has 3 rings (SSSR count). The third-order valence-corrected chi connectivity index (χ3v) is 4.53. The number of nitrogens with one attached hydrogen (secondary N) is 3. The molecule has 8 nitrogen and oxygen atoms in total. The van der Waals surface area contributed by atoms with Crippen molar-refractivity contribution >= 4 is 29.0 Å². The Labute approximate surface area is 192 Å². The van der Waals surface area contributed by atoms with E-state index < -0.39 is 0 Å². The third kappa shape index (κ3) is 7.29. The summed E-state index contributed by atoms with van der Waals surface area (Å²) >= 11 is 0. The molecular formula is C25H24N4O4. The van der Waals surface area contributed by atoms with Crippen LogP contribution in [0.4, 0.5) is 21.9 Å². The minimum atomic E-state index is -0.375. The van der Waals surface area contributed by atoms with E-state index in [1.807, 2.05) is 24.3 Å². The minimum absolute atomic E-state index is 0.170. The summed E-state index contributed by atoms with van der Waals surface area (Å²) < 4.78 is 10.9. The van der Waals surface area contributed by atoms with E-state index in [2.05, 4.69) is 16.0 Å². The molecule has 0 heterocycles. The first-order valence-electron chi connectivity index (χ1n) is 10.3. The van der Waals surface area contributed by atoms with Crippen molar-refractivity contribution < 1.29 is 19.1 Å². The first-order valence-corrected chi connectivity index (χ1v) is 10.3. The van der Waals surface area contributed by atoms with Crippen LogP contribution < -0.4 is 25.4 Å². The van der Waals surface area contributed by atoms with Crippen molar-refractivity contribution in [3.05, 3.63) is 78.4 Å². The van der Waals surface area contributed by atoms with Gasteiger partial charge in [-0.1, -0.05) is 24.3 Å². The first kappa shape index (κ1) is 23.2. The number of carbonyl (C=O) groups excluding carboxylic acids is 2. The number of rotatable bonds is 9. The van der Waals surface area contributed by atoms with Crippen molar-refractivity contribution in [1.29, 1.82) is 5.26 Å². The molecule has 0 aliphatic carbocycles. The fraction of sp³-hybridized carbons (Fsp3) is 0.160. The molecule has 0 aliphatic heterocycles. The van der Waals surface area contributed by atoms with Gasteiger partial charge in [0.2, 0.25) is 5.91 Å². The Bertz CT molecular complexity index is 1140. The van der Waals surface area contributed by atoms with Crippen LogP contribution in [-0.2, 0) is 4.79 Å². The number of nitrogens with zero attached hydrogens (tertiary/aromatic N) is 1. The van der Waals surface area contributed by atoms with Gasteiger partial charge >= 0.3 is 6.03 Å². The van der Waals surface area contributed by atoms with Crippen LogP contribution in [0.25, 0.3) is 0 Å². The van der Waals surface area contributed by atoms with Crippen LogP contribution in [-0.4, -0.2) is 25.7 Å². The van der Waals surface area contributed by atoms with Gasteiger partial charge in [-0.2, -0.15) is 5.26 Å². The van der Waals surface area contributed by atoms with Crippen molar-refractivity contribution in [1.82, 2.24) is 0 Å². The van der Waals surface area contributed by atoms with Crippen LogP contribution in [0, 0.1) is 11.3 Å². The van der Waals surface area contributed by atoms with E-state index in [0.29, 0.717) is 47.2 Å². The highest BCUT2D eigenvalue weighted by atomic mass is 16.5. The minimum Gasteiger partial charge on any atom is -0.493 e. The second-order valence-corrected chi connectivity index (χ2v) is 7.00. The molecule has 0 bridgehead atoms. The monoisotopic (exact) mass is 444 g/mol. The summed E-state index contributed by atoms with van der Waals surface area (Å²) in [4.78, 5) is 24.4. The fourth-order valence-corrected chi connectivity index (χ4v) is 2.98. The lowest BCUT2D eigenvalue weighted by Gasteiger charge is -2.11. The molecule has 33 heavy (non-hydrogen) atoms. The van der Waals surface area contributed by atoms with Crippen LogP contribution in [0.15, 0.2) is 72.8 Å². The summed E-state index contributed by atoms with van der Waals surface area (Å²) in [6.45, 7) is 0.316. The summed E-state index contributed by atoms with van der Waals surface area (Å²) in [6, 6.07) is 22.6. The van der Waals surface area contributed by atoms with E-state index in [-0.39, 0.29) is 18.4 Å². The standard InChI is InChI=1S/C25H24N4O4/c1-32-23-15-18(17-26)12-13-22(23)33-14-6-11-24(30)27-20-9-5-10-21(16-20)29-25(31)28-19-7-3-2-4-8-19/h2-5,7-10,12-13,15-16H,6,11,14H2,1H3,(H,27,30)(H2,28,29,31). The summed E-state index contributed by atoms with van der Waals surface area (Å²) in [5.41, 5.74) is 2.29. The number of benzene rings is 3. The highest BCUT2D eigenvalue weighted by Crippen LogP contribution is 2.28. The topological polar surface area (TPSA) is 112 Å². The third-order valence-electron chi connectivity index (χ3n) is 4.53. The zero-order chi connectivity index (χ0) is 23.5. The summed E-state index contributed by atoms with van der Waals surface area (Å²) in [5.74, 6) is 0.819. The van der Waals surface area contributed by atoms with Gasteiger partial charge in [0.15, 0.2) is 11.5 Å². The molecule has 8 heteroatoms. The van der Waals surface area contributed by atoms with Crippen molar-refractivity contribution in [2.24, 2.45) is 0 Å². The Balaban J connectivity index is 1.44. The number of urea groups is 1. The number of para-hydroxylation sites is 1. The molecule has 3 N–H and O–H groups in total. The van der Waals surface area contributed by atoms with Gasteiger partial charge in [0.05, 0.1) is 25.3 Å². The van der Waals surface area contributed by atoms with E-state index in [1.54, 1.807) is 54.6 Å². The molecule has 3 aromatic carbocycles. The quantitative estimate of drug-likeness (QED) is 0.402. The Morgan fingerprint density at radius 2 is 1.55 bits per heavy atom. The van der Waals surface area contributed by atoms with Gasteiger partial charge in [-0.05, 0) is 48.9 Å². The largest absolute Gasteiger partial charge is 0.493 e. The highest BCUT2D eigenvalue weighted by molar-refractivity contribution is 6.00. The van der Waals surface area contributed by atoms with E-state index in [4.69, 9.17) is 14.7 Å². The van der Waals surface area contributed by atoms with E-state index >= 15 is 0 Å². The van der Waals surface area contributed by atoms with Crippen LogP contribution in [0.5, 0.6) is 11.5 Å². The first-order chi connectivity index (χ1) is 16.1. The zero-order valence-electron chi connectivity index (χ0n) is 18.1. The van der Waals surface area contributed by atoms with Crippen LogP contribution in [0.2, 0.25) is 0 Å². The molecule has 0 atom stereocenters. The number of nitriles is 1. The zero-order valence-corrected chi connectivity index (χ0v) is 18.1. The average Bonchev–Trinajstić information content (AvgIpc) is 2.82. The SMILES string of the molecule is COc1cc(C#N)ccc1OCCCC(=O)Nc1cccc(NC(=O)Nc2ccccc2)c1. The predicted octanol–water partition coefficient (Wildman–Crippen LogP) is 5.01. The Morgan fingerprint density at radius 1 is 0.848 bits per heavy atom. The van der Waals surface area contributed by atoms with E-state index in [0.717, 1.165) is 0 Å². The number of ether oxygens (including phenoxy) is 2. The molecular weight excluding hydrogens is 420 g/mol. The van der Waals surface area contributed by atoms with Gasteiger partial charge in [0.25, 0.3) is 0 Å². The lowest BCUT2D eigenvalue weighted by Crippen LogP contribution is -2.19.